The zero-order valence-electron chi connectivity index (χ0n) is 6.91. The monoisotopic (exact) mass is 231 g/mol. The smallest absolute Gasteiger partial charge is 0.233 e. The SMILES string of the molecule is CC(C)Oc1nc(N)ncc1Br. The van der Waals surface area contributed by atoms with Crippen LogP contribution in [0, 0.1) is 0 Å². The summed E-state index contributed by atoms with van der Waals surface area (Å²) in [5, 5.41) is 0. The third-order valence-electron chi connectivity index (χ3n) is 1.08. The number of anilines is 1. The van der Waals surface area contributed by atoms with E-state index in [2.05, 4.69) is 25.9 Å². The molecule has 0 radical (unpaired) electrons. The Bertz CT molecular complexity index is 277. The summed E-state index contributed by atoms with van der Waals surface area (Å²) in [5.41, 5.74) is 5.38. The van der Waals surface area contributed by atoms with Crippen LogP contribution in [0.15, 0.2) is 10.7 Å². The predicted octanol–water partition coefficient (Wildman–Crippen LogP) is 1.61. The topological polar surface area (TPSA) is 61.0 Å². The first kappa shape index (κ1) is 9.25. The minimum Gasteiger partial charge on any atom is -0.474 e. The zero-order valence-corrected chi connectivity index (χ0v) is 8.50. The molecule has 0 aliphatic carbocycles. The molecule has 0 atom stereocenters. The van der Waals surface area contributed by atoms with Gasteiger partial charge in [-0.2, -0.15) is 4.98 Å². The van der Waals surface area contributed by atoms with Gasteiger partial charge in [0.1, 0.15) is 0 Å². The molecule has 1 rings (SSSR count). The van der Waals surface area contributed by atoms with Gasteiger partial charge in [-0.1, -0.05) is 0 Å². The molecular weight excluding hydrogens is 222 g/mol. The maximum Gasteiger partial charge on any atom is 0.233 e. The number of aromatic nitrogens is 2. The highest BCUT2D eigenvalue weighted by Gasteiger charge is 2.05. The van der Waals surface area contributed by atoms with Gasteiger partial charge in [-0.25, -0.2) is 4.98 Å². The van der Waals surface area contributed by atoms with E-state index >= 15 is 0 Å². The third-order valence-corrected chi connectivity index (χ3v) is 1.62. The lowest BCUT2D eigenvalue weighted by Crippen LogP contribution is -2.08. The molecular formula is C7H10BrN3O. The predicted molar refractivity (Wildman–Crippen MR) is 49.9 cm³/mol. The van der Waals surface area contributed by atoms with Crippen molar-refractivity contribution in [3.05, 3.63) is 10.7 Å². The molecule has 4 nitrogen and oxygen atoms in total. The normalized spacial score (nSPS) is 10.3. The second-order valence-corrected chi connectivity index (χ2v) is 3.40. The van der Waals surface area contributed by atoms with Gasteiger partial charge in [0.15, 0.2) is 0 Å². The molecule has 0 aliphatic rings. The number of hydrogen-bond acceptors (Lipinski definition) is 4. The number of nitrogens with zero attached hydrogens (tertiary/aromatic N) is 2. The lowest BCUT2D eigenvalue weighted by atomic mass is 10.5. The van der Waals surface area contributed by atoms with Gasteiger partial charge in [0.2, 0.25) is 11.8 Å². The van der Waals surface area contributed by atoms with Gasteiger partial charge in [0, 0.05) is 0 Å². The molecule has 0 fully saturated rings. The molecule has 1 aromatic rings. The Morgan fingerprint density at radius 1 is 1.58 bits per heavy atom. The average molecular weight is 232 g/mol. The Hall–Kier alpha value is -0.840. The van der Waals surface area contributed by atoms with E-state index in [0.717, 1.165) is 0 Å². The van der Waals surface area contributed by atoms with Crippen LogP contribution in [0.1, 0.15) is 13.8 Å². The van der Waals surface area contributed by atoms with Crippen LogP contribution in [0.2, 0.25) is 0 Å². The summed E-state index contributed by atoms with van der Waals surface area (Å²) in [6, 6.07) is 0. The minimum atomic E-state index is 0.0793. The second-order valence-electron chi connectivity index (χ2n) is 2.55. The van der Waals surface area contributed by atoms with E-state index in [1.807, 2.05) is 13.8 Å². The first-order valence-corrected chi connectivity index (χ1v) is 4.33. The highest BCUT2D eigenvalue weighted by atomic mass is 79.9. The van der Waals surface area contributed by atoms with E-state index < -0.39 is 0 Å². The fourth-order valence-corrected chi connectivity index (χ4v) is 0.955. The van der Waals surface area contributed by atoms with Gasteiger partial charge in [-0.05, 0) is 29.8 Å². The van der Waals surface area contributed by atoms with Crippen LogP contribution in [-0.2, 0) is 0 Å². The fourth-order valence-electron chi connectivity index (χ4n) is 0.670. The van der Waals surface area contributed by atoms with Gasteiger partial charge in [-0.3, -0.25) is 0 Å². The molecule has 12 heavy (non-hydrogen) atoms. The summed E-state index contributed by atoms with van der Waals surface area (Å²) in [4.78, 5) is 7.70. The van der Waals surface area contributed by atoms with Crippen LogP contribution in [-0.4, -0.2) is 16.1 Å². The molecule has 0 saturated carbocycles. The number of ether oxygens (including phenoxy) is 1. The molecule has 0 aromatic carbocycles. The van der Waals surface area contributed by atoms with E-state index in [-0.39, 0.29) is 12.1 Å². The Kier molecular flexibility index (Phi) is 2.86. The summed E-state index contributed by atoms with van der Waals surface area (Å²) < 4.78 is 6.06. The maximum absolute atomic E-state index is 5.38. The van der Waals surface area contributed by atoms with E-state index in [4.69, 9.17) is 10.5 Å². The van der Waals surface area contributed by atoms with Crippen molar-refractivity contribution in [1.82, 2.24) is 9.97 Å². The van der Waals surface area contributed by atoms with E-state index in [1.54, 1.807) is 6.20 Å². The number of nitrogens with two attached hydrogens (primary N) is 1. The molecule has 0 aliphatic heterocycles. The van der Waals surface area contributed by atoms with E-state index in [0.29, 0.717) is 10.4 Å². The van der Waals surface area contributed by atoms with Gasteiger partial charge >= 0.3 is 0 Å². The Morgan fingerprint density at radius 2 is 2.25 bits per heavy atom. The van der Waals surface area contributed by atoms with Crippen molar-refractivity contribution in [2.75, 3.05) is 5.73 Å². The molecule has 0 unspecified atom stereocenters. The van der Waals surface area contributed by atoms with Crippen molar-refractivity contribution < 1.29 is 4.74 Å². The lowest BCUT2D eigenvalue weighted by Gasteiger charge is -2.09. The molecule has 2 N–H and O–H groups in total. The van der Waals surface area contributed by atoms with Crippen molar-refractivity contribution in [2.45, 2.75) is 20.0 Å². The second kappa shape index (κ2) is 3.71. The number of nitrogen functional groups attached to an aromatic ring is 1. The molecule has 0 amide bonds. The molecule has 0 saturated heterocycles. The van der Waals surface area contributed by atoms with Crippen molar-refractivity contribution in [2.24, 2.45) is 0 Å². The molecule has 66 valence electrons. The van der Waals surface area contributed by atoms with E-state index in [9.17, 15) is 0 Å². The molecule has 0 spiro atoms. The highest BCUT2D eigenvalue weighted by molar-refractivity contribution is 9.10. The quantitative estimate of drug-likeness (QED) is 0.841. The standard InChI is InChI=1S/C7H10BrN3O/c1-4(2)12-6-5(8)3-10-7(9)11-6/h3-4H,1-2H3,(H2,9,10,11). The van der Waals surface area contributed by atoms with Crippen molar-refractivity contribution in [1.29, 1.82) is 0 Å². The Balaban J connectivity index is 2.90. The van der Waals surface area contributed by atoms with Crippen LogP contribution in [0.4, 0.5) is 5.95 Å². The summed E-state index contributed by atoms with van der Waals surface area (Å²) in [5.74, 6) is 0.700. The minimum absolute atomic E-state index is 0.0793. The average Bonchev–Trinajstić information content (AvgIpc) is 1.96. The fraction of sp³-hybridized carbons (Fsp3) is 0.429. The zero-order chi connectivity index (χ0) is 9.14. The van der Waals surface area contributed by atoms with E-state index in [1.165, 1.54) is 0 Å². The molecule has 0 bridgehead atoms. The largest absolute Gasteiger partial charge is 0.474 e. The number of halogens is 1. The van der Waals surface area contributed by atoms with Crippen molar-refractivity contribution in [3.63, 3.8) is 0 Å². The number of hydrogen-bond donors (Lipinski definition) is 1. The molecule has 1 aromatic heterocycles. The number of rotatable bonds is 2. The first-order chi connectivity index (χ1) is 5.59. The molecule has 1 heterocycles. The van der Waals surface area contributed by atoms with Crippen LogP contribution in [0.3, 0.4) is 0 Å². The summed E-state index contributed by atoms with van der Waals surface area (Å²) in [6.07, 6.45) is 1.65. The summed E-state index contributed by atoms with van der Waals surface area (Å²) in [7, 11) is 0. The van der Waals surface area contributed by atoms with Gasteiger partial charge < -0.3 is 10.5 Å². The van der Waals surface area contributed by atoms with Gasteiger partial charge in [0.05, 0.1) is 16.8 Å². The summed E-state index contributed by atoms with van der Waals surface area (Å²) >= 11 is 3.25. The van der Waals surface area contributed by atoms with Crippen LogP contribution in [0.5, 0.6) is 5.88 Å². The van der Waals surface area contributed by atoms with Crippen molar-refractivity contribution in [3.8, 4) is 5.88 Å². The first-order valence-electron chi connectivity index (χ1n) is 3.54. The van der Waals surface area contributed by atoms with Gasteiger partial charge in [0.25, 0.3) is 0 Å². The van der Waals surface area contributed by atoms with Crippen LogP contribution in [0.25, 0.3) is 0 Å². The highest BCUT2D eigenvalue weighted by Crippen LogP contribution is 2.22. The lowest BCUT2D eigenvalue weighted by molar-refractivity contribution is 0.231. The van der Waals surface area contributed by atoms with Crippen molar-refractivity contribution >= 4 is 21.9 Å². The maximum atomic E-state index is 5.38. The Morgan fingerprint density at radius 3 is 2.83 bits per heavy atom. The van der Waals surface area contributed by atoms with Crippen LogP contribution >= 0.6 is 15.9 Å². The molecule has 5 heteroatoms. The van der Waals surface area contributed by atoms with Crippen LogP contribution < -0.4 is 10.5 Å². The third kappa shape index (κ3) is 2.34. The van der Waals surface area contributed by atoms with Gasteiger partial charge in [-0.15, -0.1) is 0 Å². The summed E-state index contributed by atoms with van der Waals surface area (Å²) in [6.45, 7) is 3.84. The Labute approximate surface area is 79.3 Å².